The molecule has 1 heterocycles. The first kappa shape index (κ1) is 7.12. The number of nitriles is 1. The Hall–Kier alpha value is -0.550. The highest BCUT2D eigenvalue weighted by atomic mass is 16.6. The molecule has 2 fully saturated rings. The highest BCUT2D eigenvalue weighted by Gasteiger charge is 2.56. The summed E-state index contributed by atoms with van der Waals surface area (Å²) < 4.78 is 5.41. The van der Waals surface area contributed by atoms with Gasteiger partial charge in [-0.15, -0.1) is 0 Å². The molecule has 11 heavy (non-hydrogen) atoms. The van der Waals surface area contributed by atoms with E-state index in [-0.39, 0.29) is 11.7 Å². The van der Waals surface area contributed by atoms with Crippen LogP contribution in [-0.2, 0) is 4.74 Å². The van der Waals surface area contributed by atoms with Crippen LogP contribution < -0.4 is 0 Å². The molecular formula is C9H13NO. The number of epoxide rings is 1. The van der Waals surface area contributed by atoms with E-state index >= 15 is 0 Å². The Morgan fingerprint density at radius 3 is 2.91 bits per heavy atom. The maximum absolute atomic E-state index is 8.83. The second-order valence-electron chi connectivity index (χ2n) is 3.56. The van der Waals surface area contributed by atoms with Gasteiger partial charge in [-0.1, -0.05) is 19.3 Å². The SMILES string of the molecule is N#CC12CCCCCCC1O2. The van der Waals surface area contributed by atoms with Crippen molar-refractivity contribution in [2.24, 2.45) is 0 Å². The molecular weight excluding hydrogens is 138 g/mol. The quantitative estimate of drug-likeness (QED) is 0.496. The Labute approximate surface area is 67.2 Å². The van der Waals surface area contributed by atoms with E-state index in [1.165, 1.54) is 25.7 Å². The lowest BCUT2D eigenvalue weighted by Crippen LogP contribution is -2.13. The Balaban J connectivity index is 1.99. The minimum Gasteiger partial charge on any atom is -0.350 e. The third-order valence-corrected chi connectivity index (χ3v) is 2.77. The van der Waals surface area contributed by atoms with Gasteiger partial charge in [0.15, 0.2) is 5.60 Å². The van der Waals surface area contributed by atoms with Crippen LogP contribution in [0.25, 0.3) is 0 Å². The van der Waals surface area contributed by atoms with Crippen molar-refractivity contribution in [3.63, 3.8) is 0 Å². The van der Waals surface area contributed by atoms with E-state index in [0.717, 1.165) is 12.8 Å². The van der Waals surface area contributed by atoms with Crippen LogP contribution in [-0.4, -0.2) is 11.7 Å². The zero-order chi connectivity index (χ0) is 7.73. The van der Waals surface area contributed by atoms with Gasteiger partial charge >= 0.3 is 0 Å². The lowest BCUT2D eigenvalue weighted by molar-refractivity contribution is 0.321. The summed E-state index contributed by atoms with van der Waals surface area (Å²) >= 11 is 0. The molecule has 2 rings (SSSR count). The number of rotatable bonds is 0. The number of hydrogen-bond acceptors (Lipinski definition) is 2. The molecule has 0 bridgehead atoms. The van der Waals surface area contributed by atoms with Gasteiger partial charge in [-0.2, -0.15) is 5.26 Å². The molecule has 0 amide bonds. The molecule has 1 aliphatic heterocycles. The van der Waals surface area contributed by atoms with Crippen LogP contribution >= 0.6 is 0 Å². The molecule has 0 aromatic rings. The molecule has 0 spiro atoms. The van der Waals surface area contributed by atoms with E-state index in [1.54, 1.807) is 0 Å². The standard InChI is InChI=1S/C9H13NO/c10-7-9-6-4-2-1-3-5-8(9)11-9/h8H,1-6H2. The van der Waals surface area contributed by atoms with E-state index in [4.69, 9.17) is 10.00 Å². The lowest BCUT2D eigenvalue weighted by atomic mass is 9.92. The van der Waals surface area contributed by atoms with E-state index in [1.807, 2.05) is 0 Å². The number of nitrogens with zero attached hydrogens (tertiary/aromatic N) is 1. The summed E-state index contributed by atoms with van der Waals surface area (Å²) in [4.78, 5) is 0. The monoisotopic (exact) mass is 151 g/mol. The zero-order valence-electron chi connectivity index (χ0n) is 6.68. The summed E-state index contributed by atoms with van der Waals surface area (Å²) in [5.41, 5.74) is -0.333. The predicted octanol–water partition coefficient (Wildman–Crippen LogP) is 2.00. The molecule has 1 saturated carbocycles. The summed E-state index contributed by atoms with van der Waals surface area (Å²) in [6.07, 6.45) is 7.37. The first-order valence-corrected chi connectivity index (χ1v) is 4.46. The molecule has 0 aromatic carbocycles. The van der Waals surface area contributed by atoms with Crippen molar-refractivity contribution in [2.45, 2.75) is 50.2 Å². The summed E-state index contributed by atoms with van der Waals surface area (Å²) in [5, 5.41) is 8.83. The van der Waals surface area contributed by atoms with Crippen LogP contribution in [0.3, 0.4) is 0 Å². The van der Waals surface area contributed by atoms with Gasteiger partial charge in [0.2, 0.25) is 0 Å². The molecule has 0 radical (unpaired) electrons. The summed E-state index contributed by atoms with van der Waals surface area (Å²) in [6, 6.07) is 2.30. The second kappa shape index (κ2) is 2.49. The van der Waals surface area contributed by atoms with Crippen molar-refractivity contribution in [3.8, 4) is 6.07 Å². The van der Waals surface area contributed by atoms with Crippen molar-refractivity contribution in [1.29, 1.82) is 5.26 Å². The van der Waals surface area contributed by atoms with Crippen molar-refractivity contribution >= 4 is 0 Å². The Morgan fingerprint density at radius 1 is 1.27 bits per heavy atom. The van der Waals surface area contributed by atoms with Crippen LogP contribution in [0.1, 0.15) is 38.5 Å². The fraction of sp³-hybridized carbons (Fsp3) is 0.889. The van der Waals surface area contributed by atoms with Gasteiger partial charge in [0.1, 0.15) is 12.2 Å². The van der Waals surface area contributed by atoms with Gasteiger partial charge in [0.25, 0.3) is 0 Å². The van der Waals surface area contributed by atoms with Crippen LogP contribution in [0.15, 0.2) is 0 Å². The fourth-order valence-corrected chi connectivity index (χ4v) is 1.96. The fourth-order valence-electron chi connectivity index (χ4n) is 1.96. The minimum atomic E-state index is -0.333. The summed E-state index contributed by atoms with van der Waals surface area (Å²) in [5.74, 6) is 0. The molecule has 2 heteroatoms. The zero-order valence-corrected chi connectivity index (χ0v) is 6.68. The number of fused-ring (bicyclic) bond motifs is 1. The smallest absolute Gasteiger partial charge is 0.180 e. The summed E-state index contributed by atoms with van der Waals surface area (Å²) in [6.45, 7) is 0. The van der Waals surface area contributed by atoms with Crippen LogP contribution in [0.5, 0.6) is 0 Å². The predicted molar refractivity (Wildman–Crippen MR) is 40.9 cm³/mol. The Bertz CT molecular complexity index is 196. The van der Waals surface area contributed by atoms with Crippen LogP contribution in [0.2, 0.25) is 0 Å². The third-order valence-electron chi connectivity index (χ3n) is 2.77. The largest absolute Gasteiger partial charge is 0.350 e. The highest BCUT2D eigenvalue weighted by molar-refractivity contribution is 5.17. The Morgan fingerprint density at radius 2 is 2.09 bits per heavy atom. The first-order valence-electron chi connectivity index (χ1n) is 4.46. The second-order valence-corrected chi connectivity index (χ2v) is 3.56. The topological polar surface area (TPSA) is 36.3 Å². The van der Waals surface area contributed by atoms with Gasteiger partial charge in [-0.05, 0) is 19.3 Å². The van der Waals surface area contributed by atoms with Gasteiger partial charge in [0.05, 0.1) is 0 Å². The average Bonchev–Trinajstić information content (AvgIpc) is 2.64. The van der Waals surface area contributed by atoms with Crippen molar-refractivity contribution in [3.05, 3.63) is 0 Å². The molecule has 2 atom stereocenters. The molecule has 1 aliphatic carbocycles. The molecule has 2 aliphatic rings. The van der Waals surface area contributed by atoms with Crippen molar-refractivity contribution < 1.29 is 4.74 Å². The Kier molecular flexibility index (Phi) is 1.61. The normalized spacial score (nSPS) is 43.0. The van der Waals surface area contributed by atoms with E-state index in [0.29, 0.717) is 0 Å². The average molecular weight is 151 g/mol. The maximum atomic E-state index is 8.83. The highest BCUT2D eigenvalue weighted by Crippen LogP contribution is 2.44. The van der Waals surface area contributed by atoms with Gasteiger partial charge in [-0.3, -0.25) is 0 Å². The molecule has 2 unspecified atom stereocenters. The van der Waals surface area contributed by atoms with E-state index in [2.05, 4.69) is 6.07 Å². The number of ether oxygens (including phenoxy) is 1. The van der Waals surface area contributed by atoms with E-state index in [9.17, 15) is 0 Å². The number of hydrogen-bond donors (Lipinski definition) is 0. The lowest BCUT2D eigenvalue weighted by Gasteiger charge is -2.07. The van der Waals surface area contributed by atoms with Crippen molar-refractivity contribution in [1.82, 2.24) is 0 Å². The molecule has 1 saturated heterocycles. The van der Waals surface area contributed by atoms with Crippen LogP contribution in [0, 0.1) is 11.3 Å². The van der Waals surface area contributed by atoms with E-state index < -0.39 is 0 Å². The molecule has 2 nitrogen and oxygen atoms in total. The molecule has 0 aromatic heterocycles. The minimum absolute atomic E-state index is 0.285. The van der Waals surface area contributed by atoms with Gasteiger partial charge in [-0.25, -0.2) is 0 Å². The first-order chi connectivity index (χ1) is 5.37. The molecule has 0 N–H and O–H groups in total. The third kappa shape index (κ3) is 1.14. The molecule has 60 valence electrons. The van der Waals surface area contributed by atoms with Gasteiger partial charge in [0, 0.05) is 0 Å². The van der Waals surface area contributed by atoms with Gasteiger partial charge < -0.3 is 4.74 Å². The maximum Gasteiger partial charge on any atom is 0.180 e. The van der Waals surface area contributed by atoms with Crippen LogP contribution in [0.4, 0.5) is 0 Å². The summed E-state index contributed by atoms with van der Waals surface area (Å²) in [7, 11) is 0. The van der Waals surface area contributed by atoms with Crippen molar-refractivity contribution in [2.75, 3.05) is 0 Å².